The zero-order chi connectivity index (χ0) is 44.0. The quantitative estimate of drug-likeness (QED) is 0.154. The summed E-state index contributed by atoms with van der Waals surface area (Å²) in [6.45, 7) is 3.48. The van der Waals surface area contributed by atoms with Crippen molar-refractivity contribution in [2.45, 2.75) is 99.9 Å². The van der Waals surface area contributed by atoms with Crippen LogP contribution in [0.4, 0.5) is 21.0 Å². The van der Waals surface area contributed by atoms with Crippen molar-refractivity contribution >= 4 is 43.5 Å². The molecule has 63 heavy (non-hydrogen) atoms. The molecule has 0 radical (unpaired) electrons. The summed E-state index contributed by atoms with van der Waals surface area (Å²) < 4.78 is 70.6. The molecule has 338 valence electrons. The predicted molar refractivity (Wildman–Crippen MR) is 235 cm³/mol. The number of carbonyl (C=O) groups is 2. The number of nitrogens with zero attached hydrogens (tertiary/aromatic N) is 5. The van der Waals surface area contributed by atoms with Crippen LogP contribution in [0.15, 0.2) is 34.3 Å². The average molecular weight is 905 g/mol. The normalized spacial score (nSPS) is 19.3. The smallest absolute Gasteiger partial charge is 0.333 e. The summed E-state index contributed by atoms with van der Waals surface area (Å²) in [5.74, 6) is 0.772. The molecule has 0 fully saturated rings. The minimum Gasteiger partial charge on any atom is -0.476 e. The molecular weight excluding hydrogens is 849 g/mol. The highest BCUT2D eigenvalue weighted by molar-refractivity contribution is 7.90. The monoisotopic (exact) mass is 904 g/mol. The van der Waals surface area contributed by atoms with Gasteiger partial charge in [0.05, 0.1) is 38.7 Å². The number of aryl methyl sites for hydroxylation is 4. The number of hydrogen-bond acceptors (Lipinski definition) is 12. The molecular formula is C43H56N10O8S2. The van der Waals surface area contributed by atoms with Gasteiger partial charge in [0.25, 0.3) is 20.0 Å². The molecule has 4 aliphatic carbocycles. The Morgan fingerprint density at radius 3 is 1.44 bits per heavy atom. The first-order valence-corrected chi connectivity index (χ1v) is 24.9. The lowest BCUT2D eigenvalue weighted by atomic mass is 9.99. The van der Waals surface area contributed by atoms with E-state index in [4.69, 9.17) is 9.47 Å². The van der Waals surface area contributed by atoms with Gasteiger partial charge in [-0.3, -0.25) is 0 Å². The van der Waals surface area contributed by atoms with Crippen LogP contribution in [0.25, 0.3) is 0 Å². The molecule has 6 aliphatic rings. The Bertz CT molecular complexity index is 2610. The van der Waals surface area contributed by atoms with Crippen molar-refractivity contribution in [1.82, 2.24) is 39.2 Å². The van der Waals surface area contributed by atoms with Gasteiger partial charge in [0.15, 0.2) is 9.79 Å². The Balaban J connectivity index is 0.000000160. The highest BCUT2D eigenvalue weighted by atomic mass is 32.2. The topological polar surface area (TPSA) is 220 Å². The number of amides is 4. The number of urea groups is 2. The average Bonchev–Trinajstić information content (AvgIpc) is 4.09. The molecule has 2 atom stereocenters. The third kappa shape index (κ3) is 8.73. The van der Waals surface area contributed by atoms with Crippen LogP contribution in [0, 0.1) is 11.8 Å². The highest BCUT2D eigenvalue weighted by Crippen LogP contribution is 2.40. The lowest BCUT2D eigenvalue weighted by Crippen LogP contribution is -2.36. The Kier molecular flexibility index (Phi) is 11.9. The van der Waals surface area contributed by atoms with E-state index in [1.807, 2.05) is 21.1 Å². The first-order valence-electron chi connectivity index (χ1n) is 21.9. The number of sulfonamides is 2. The molecule has 2 aromatic carbocycles. The molecule has 18 nitrogen and oxygen atoms in total. The summed E-state index contributed by atoms with van der Waals surface area (Å²) in [5, 5.41) is 17.2. The first kappa shape index (κ1) is 43.1. The van der Waals surface area contributed by atoms with Crippen LogP contribution in [0.1, 0.15) is 70.2 Å². The van der Waals surface area contributed by atoms with Crippen LogP contribution in [0.5, 0.6) is 11.8 Å². The number of benzene rings is 2. The molecule has 0 bridgehead atoms. The fraction of sp³-hybridized carbons (Fsp3) is 0.535. The molecule has 2 unspecified atom stereocenters. The van der Waals surface area contributed by atoms with Gasteiger partial charge in [0.2, 0.25) is 11.8 Å². The van der Waals surface area contributed by atoms with Crippen molar-refractivity contribution in [2.75, 3.05) is 58.1 Å². The third-order valence-corrected chi connectivity index (χ3v) is 15.5. The molecule has 5 N–H and O–H groups in total. The summed E-state index contributed by atoms with van der Waals surface area (Å²) >= 11 is 0. The van der Waals surface area contributed by atoms with Gasteiger partial charge in [0, 0.05) is 36.3 Å². The van der Waals surface area contributed by atoms with E-state index >= 15 is 0 Å². The number of aromatic nitrogens is 4. The van der Waals surface area contributed by atoms with Crippen molar-refractivity contribution in [2.24, 2.45) is 11.8 Å². The Morgan fingerprint density at radius 1 is 0.651 bits per heavy atom. The van der Waals surface area contributed by atoms with Crippen molar-refractivity contribution in [3.05, 3.63) is 69.0 Å². The predicted octanol–water partition coefficient (Wildman–Crippen LogP) is 3.54. The fourth-order valence-corrected chi connectivity index (χ4v) is 12.2. The number of anilines is 2. The van der Waals surface area contributed by atoms with Crippen molar-refractivity contribution in [3.63, 3.8) is 0 Å². The molecule has 0 saturated carbocycles. The molecule has 4 aromatic rings. The Morgan fingerprint density at radius 2 is 1.05 bits per heavy atom. The Labute approximate surface area is 367 Å². The van der Waals surface area contributed by atoms with Gasteiger partial charge in [0.1, 0.15) is 0 Å². The minimum atomic E-state index is -4.13. The van der Waals surface area contributed by atoms with Gasteiger partial charge in [-0.1, -0.05) is 12.1 Å². The van der Waals surface area contributed by atoms with Gasteiger partial charge >= 0.3 is 12.1 Å². The van der Waals surface area contributed by atoms with Gasteiger partial charge in [-0.05, 0) is 143 Å². The standard InChI is InChI=1S/C22H29N5O4S.C21H27N5O4S/c1-26(2)11-14-12-27-21(31-13-14)19(10-23-27)32(29,30)25-22(28)24-20-17-7-3-5-15(17)9-16-6-4-8-18(16)20;1-22-9-13-11-26-20(30-12-13)18(10-23-26)31(28,29)25-21(27)24-19-16-6-2-4-14(16)8-15-5-3-7-17(15)19/h9-10,14H,3-8,11-13H2,1-2H3,(H2,24,25,28);8,10,13,22H,2-7,9,11-12H2,1H3,(H2,24,25,27). The molecule has 4 heterocycles. The molecule has 0 spiro atoms. The SMILES string of the molecule is CN(C)CC1COc2c(S(=O)(=O)NC(=O)Nc3c4c(cc5c3CCC5)CCC4)cnn2C1.CNCC1COc2c(S(=O)(=O)NC(=O)Nc3c4c(cc5c3CCC5)CCC4)cnn2C1. The van der Waals surface area contributed by atoms with E-state index < -0.39 is 32.1 Å². The lowest BCUT2D eigenvalue weighted by molar-refractivity contribution is 0.136. The maximum absolute atomic E-state index is 13.0. The number of rotatable bonds is 10. The first-order chi connectivity index (χ1) is 30.3. The highest BCUT2D eigenvalue weighted by Gasteiger charge is 2.34. The zero-order valence-electron chi connectivity index (χ0n) is 36.0. The molecule has 10 rings (SSSR count). The third-order valence-electron chi connectivity index (χ3n) is 12.9. The number of ether oxygens (including phenoxy) is 2. The van der Waals surface area contributed by atoms with Crippen LogP contribution in [-0.4, -0.2) is 101 Å². The maximum atomic E-state index is 13.0. The van der Waals surface area contributed by atoms with Crippen LogP contribution in [0.3, 0.4) is 0 Å². The minimum absolute atomic E-state index is 0.112. The van der Waals surface area contributed by atoms with E-state index in [2.05, 4.69) is 52.6 Å². The van der Waals surface area contributed by atoms with Gasteiger partial charge in [-0.25, -0.2) is 45.2 Å². The Hall–Kier alpha value is -5.18. The summed E-state index contributed by atoms with van der Waals surface area (Å²) in [6, 6.07) is 3.03. The summed E-state index contributed by atoms with van der Waals surface area (Å²) in [4.78, 5) is 27.4. The summed E-state index contributed by atoms with van der Waals surface area (Å²) in [6.07, 6.45) is 14.4. The van der Waals surface area contributed by atoms with Crippen LogP contribution < -0.4 is 34.9 Å². The summed E-state index contributed by atoms with van der Waals surface area (Å²) in [5.41, 5.74) is 11.3. The second-order valence-electron chi connectivity index (χ2n) is 17.8. The summed E-state index contributed by atoms with van der Waals surface area (Å²) in [7, 11) is -2.43. The van der Waals surface area contributed by atoms with E-state index in [9.17, 15) is 26.4 Å². The lowest BCUT2D eigenvalue weighted by Gasteiger charge is -2.26. The second kappa shape index (κ2) is 17.4. The van der Waals surface area contributed by atoms with Crippen LogP contribution >= 0.6 is 0 Å². The van der Waals surface area contributed by atoms with E-state index in [-0.39, 0.29) is 33.4 Å². The number of hydrogen-bond donors (Lipinski definition) is 5. The van der Waals surface area contributed by atoms with E-state index in [1.165, 1.54) is 39.3 Å². The number of nitrogens with one attached hydrogen (secondary N) is 5. The van der Waals surface area contributed by atoms with Crippen molar-refractivity contribution in [1.29, 1.82) is 0 Å². The zero-order valence-corrected chi connectivity index (χ0v) is 37.6. The van der Waals surface area contributed by atoms with Gasteiger partial charge in [-0.2, -0.15) is 10.2 Å². The molecule has 20 heteroatoms. The van der Waals surface area contributed by atoms with Crippen molar-refractivity contribution < 1.29 is 35.9 Å². The van der Waals surface area contributed by atoms with E-state index in [0.717, 1.165) is 124 Å². The number of carbonyl (C=O) groups excluding carboxylic acids is 2. The maximum Gasteiger partial charge on any atom is 0.333 e. The van der Waals surface area contributed by atoms with E-state index in [0.29, 0.717) is 26.3 Å². The van der Waals surface area contributed by atoms with Gasteiger partial charge < -0.3 is 30.3 Å². The second-order valence-corrected chi connectivity index (χ2v) is 21.1. The molecule has 2 aromatic heterocycles. The van der Waals surface area contributed by atoms with Crippen LogP contribution in [0.2, 0.25) is 0 Å². The van der Waals surface area contributed by atoms with E-state index in [1.54, 1.807) is 4.68 Å². The number of fused-ring (bicyclic) bond motifs is 6. The molecule has 0 saturated heterocycles. The van der Waals surface area contributed by atoms with Gasteiger partial charge in [-0.15, -0.1) is 0 Å². The molecule has 2 aliphatic heterocycles. The molecule has 4 amide bonds. The van der Waals surface area contributed by atoms with Crippen LogP contribution in [-0.2, 0) is 84.5 Å². The fourth-order valence-electron chi connectivity index (χ4n) is 10.2. The largest absolute Gasteiger partial charge is 0.476 e. The van der Waals surface area contributed by atoms with Crippen molar-refractivity contribution in [3.8, 4) is 11.8 Å².